The van der Waals surface area contributed by atoms with Gasteiger partial charge in [-0.1, -0.05) is 18.2 Å². The summed E-state index contributed by atoms with van der Waals surface area (Å²) in [5.74, 6) is -0.824. The zero-order chi connectivity index (χ0) is 23.2. The Morgan fingerprint density at radius 3 is 2.73 bits per heavy atom. The molecule has 2 saturated heterocycles. The van der Waals surface area contributed by atoms with Gasteiger partial charge in [0.05, 0.1) is 0 Å². The minimum Gasteiger partial charge on any atom is -0.504 e. The molecule has 1 aromatic carbocycles. The number of likely N-dealkylation sites (N-methyl/N-ethyl adjacent to an activating group) is 1. The average Bonchev–Trinajstić information content (AvgIpc) is 3.14. The molecule has 1 aromatic rings. The number of phenolic OH excluding ortho intramolecular Hbond substituents is 1. The fraction of sp³-hybridized carbons (Fsp3) is 0.609. The van der Waals surface area contributed by atoms with Crippen LogP contribution in [0.15, 0.2) is 24.3 Å². The Hall–Kier alpha value is -2.21. The lowest BCUT2D eigenvalue weighted by molar-refractivity contribution is -0.307. The standard InChI is InChI=1S/C23H27NO9/c1-24-7-6-23-10-3-5-13(31-22-17(28)15(26)16(27)19(33-22)21(29)30)20(23)32-18-12(25)4-2-9(14(18)23)8-11(10)24/h2-5,10-11,13,15-17,19-20,22,25-28H,6-8H2,1H3,(H,29,30)/t10-,11-,13-,15?,16-,17+,19-,20-,22+,23-/m0/s1. The largest absolute Gasteiger partial charge is 0.504 e. The summed E-state index contributed by atoms with van der Waals surface area (Å²) in [7, 11) is 2.11. The molecule has 0 saturated carbocycles. The maximum absolute atomic E-state index is 11.5. The van der Waals surface area contributed by atoms with E-state index >= 15 is 0 Å². The smallest absolute Gasteiger partial charge is 0.335 e. The molecule has 2 bridgehead atoms. The summed E-state index contributed by atoms with van der Waals surface area (Å²) in [6.45, 7) is 0.838. The number of nitrogens with zero attached hydrogens (tertiary/aromatic N) is 1. The second-order valence-electron chi connectivity index (χ2n) is 9.78. The Balaban J connectivity index is 1.38. The molecule has 0 amide bonds. The number of phenols is 1. The number of aromatic hydroxyl groups is 1. The van der Waals surface area contributed by atoms with Gasteiger partial charge in [-0.3, -0.25) is 0 Å². The van der Waals surface area contributed by atoms with E-state index in [1.807, 2.05) is 12.1 Å². The van der Waals surface area contributed by atoms with Gasteiger partial charge in [-0.05, 0) is 38.1 Å². The van der Waals surface area contributed by atoms with Crippen molar-refractivity contribution in [3.8, 4) is 11.5 Å². The molecule has 3 heterocycles. The summed E-state index contributed by atoms with van der Waals surface area (Å²) in [6, 6.07) is 3.85. The van der Waals surface area contributed by atoms with Crippen LogP contribution >= 0.6 is 0 Å². The number of ether oxygens (including phenoxy) is 3. The van der Waals surface area contributed by atoms with E-state index in [-0.39, 0.29) is 17.7 Å². The van der Waals surface area contributed by atoms with Crippen LogP contribution in [0, 0.1) is 5.92 Å². The van der Waals surface area contributed by atoms with E-state index in [1.54, 1.807) is 6.07 Å². The van der Waals surface area contributed by atoms with E-state index in [0.29, 0.717) is 5.75 Å². The fourth-order valence-electron chi connectivity index (χ4n) is 6.66. The lowest BCUT2D eigenvalue weighted by Crippen LogP contribution is -2.66. The SMILES string of the molecule is CN1CC[C@]23c4c5ccc(O)c4O[C@H]2[C@@H](O[C@@H]2O[C@H](C(=O)O)[C@@H](O)C(O)[C@H]2O)C=C[C@H]3[C@@H]1C5. The van der Waals surface area contributed by atoms with E-state index in [9.17, 15) is 30.3 Å². The lowest BCUT2D eigenvalue weighted by Gasteiger charge is -2.57. The molecule has 3 aliphatic heterocycles. The van der Waals surface area contributed by atoms with Crippen molar-refractivity contribution in [2.24, 2.45) is 5.92 Å². The minimum absolute atomic E-state index is 0.0610. The van der Waals surface area contributed by atoms with Gasteiger partial charge in [0.25, 0.3) is 0 Å². The number of aliphatic carboxylic acids is 1. The molecule has 5 N–H and O–H groups in total. The van der Waals surface area contributed by atoms with Gasteiger partial charge in [0.2, 0.25) is 0 Å². The number of likely N-dealkylation sites (tertiary alicyclic amines) is 1. The van der Waals surface area contributed by atoms with E-state index in [4.69, 9.17) is 14.2 Å². The Labute approximate surface area is 189 Å². The summed E-state index contributed by atoms with van der Waals surface area (Å²) in [4.78, 5) is 13.8. The van der Waals surface area contributed by atoms with Crippen molar-refractivity contribution in [1.29, 1.82) is 0 Å². The molecule has 0 radical (unpaired) electrons. The number of hydrogen-bond donors (Lipinski definition) is 5. The predicted molar refractivity (Wildman–Crippen MR) is 111 cm³/mol. The molecule has 10 nitrogen and oxygen atoms in total. The van der Waals surface area contributed by atoms with Crippen molar-refractivity contribution in [2.75, 3.05) is 13.6 Å². The molecule has 33 heavy (non-hydrogen) atoms. The Morgan fingerprint density at radius 1 is 1.18 bits per heavy atom. The number of carbonyl (C=O) groups is 1. The summed E-state index contributed by atoms with van der Waals surface area (Å²) in [5, 5.41) is 50.5. The molecule has 10 heteroatoms. The van der Waals surface area contributed by atoms with Crippen molar-refractivity contribution >= 4 is 5.97 Å². The molecule has 10 atom stereocenters. The molecule has 6 rings (SSSR count). The second-order valence-corrected chi connectivity index (χ2v) is 9.78. The Bertz CT molecular complexity index is 1030. The van der Waals surface area contributed by atoms with Crippen LogP contribution < -0.4 is 4.74 Å². The first-order valence-corrected chi connectivity index (χ1v) is 11.2. The topological polar surface area (TPSA) is 149 Å². The van der Waals surface area contributed by atoms with Gasteiger partial charge < -0.3 is 44.6 Å². The molecule has 2 fully saturated rings. The highest BCUT2D eigenvalue weighted by atomic mass is 16.7. The lowest BCUT2D eigenvalue weighted by atomic mass is 9.53. The van der Waals surface area contributed by atoms with Crippen molar-refractivity contribution in [1.82, 2.24) is 4.90 Å². The third kappa shape index (κ3) is 2.73. The molecule has 0 aromatic heterocycles. The third-order valence-corrected chi connectivity index (χ3v) is 8.23. The summed E-state index contributed by atoms with van der Waals surface area (Å²) < 4.78 is 17.7. The van der Waals surface area contributed by atoms with Crippen LogP contribution in [0.1, 0.15) is 17.5 Å². The molecule has 1 unspecified atom stereocenters. The number of aliphatic hydroxyl groups is 3. The van der Waals surface area contributed by atoms with Crippen molar-refractivity contribution in [3.63, 3.8) is 0 Å². The van der Waals surface area contributed by atoms with E-state index in [0.717, 1.165) is 30.5 Å². The van der Waals surface area contributed by atoms with Crippen LogP contribution in [0.4, 0.5) is 0 Å². The van der Waals surface area contributed by atoms with Crippen LogP contribution in [0.5, 0.6) is 11.5 Å². The van der Waals surface area contributed by atoms with E-state index in [1.165, 1.54) is 0 Å². The zero-order valence-corrected chi connectivity index (χ0v) is 17.9. The van der Waals surface area contributed by atoms with Gasteiger partial charge in [0.1, 0.15) is 30.5 Å². The van der Waals surface area contributed by atoms with Gasteiger partial charge >= 0.3 is 5.97 Å². The quantitative estimate of drug-likeness (QED) is 0.359. The number of aliphatic hydroxyl groups excluding tert-OH is 3. The van der Waals surface area contributed by atoms with Crippen LogP contribution in [0.2, 0.25) is 0 Å². The summed E-state index contributed by atoms with van der Waals surface area (Å²) in [6.07, 6.45) is -4.16. The highest BCUT2D eigenvalue weighted by Gasteiger charge is 2.65. The van der Waals surface area contributed by atoms with Crippen LogP contribution in [-0.4, -0.2) is 98.9 Å². The number of benzene rings is 1. The summed E-state index contributed by atoms with van der Waals surface area (Å²) >= 11 is 0. The summed E-state index contributed by atoms with van der Waals surface area (Å²) in [5.41, 5.74) is 1.69. The number of carboxylic acids is 1. The first kappa shape index (κ1) is 21.3. The van der Waals surface area contributed by atoms with Gasteiger partial charge in [-0.2, -0.15) is 0 Å². The van der Waals surface area contributed by atoms with Crippen molar-refractivity contribution < 1.29 is 44.5 Å². The Morgan fingerprint density at radius 2 is 1.97 bits per heavy atom. The molecule has 5 aliphatic rings. The van der Waals surface area contributed by atoms with Gasteiger partial charge in [-0.25, -0.2) is 4.79 Å². The molecular weight excluding hydrogens is 434 g/mol. The third-order valence-electron chi connectivity index (χ3n) is 8.23. The van der Waals surface area contributed by atoms with Gasteiger partial charge in [0, 0.05) is 22.9 Å². The molecular formula is C23H27NO9. The van der Waals surface area contributed by atoms with Crippen LogP contribution in [-0.2, 0) is 26.1 Å². The molecule has 1 spiro atoms. The maximum Gasteiger partial charge on any atom is 0.335 e. The highest BCUT2D eigenvalue weighted by Crippen LogP contribution is 2.62. The van der Waals surface area contributed by atoms with E-state index < -0.39 is 54.3 Å². The maximum atomic E-state index is 11.5. The molecule has 178 valence electrons. The first-order valence-electron chi connectivity index (χ1n) is 11.2. The first-order chi connectivity index (χ1) is 15.7. The van der Waals surface area contributed by atoms with E-state index in [2.05, 4.69) is 18.0 Å². The predicted octanol–water partition coefficient (Wildman–Crippen LogP) is -0.885. The van der Waals surface area contributed by atoms with Crippen molar-refractivity contribution in [2.45, 2.75) is 67.2 Å². The number of piperidine rings is 1. The highest BCUT2D eigenvalue weighted by molar-refractivity contribution is 5.73. The number of carboxylic acid groups (broad SMARTS) is 1. The van der Waals surface area contributed by atoms with Crippen LogP contribution in [0.25, 0.3) is 0 Å². The van der Waals surface area contributed by atoms with Gasteiger partial charge in [-0.15, -0.1) is 0 Å². The second kappa shape index (κ2) is 7.14. The average molecular weight is 461 g/mol. The monoisotopic (exact) mass is 461 g/mol. The van der Waals surface area contributed by atoms with Gasteiger partial charge in [0.15, 0.2) is 23.9 Å². The molecule has 2 aliphatic carbocycles. The van der Waals surface area contributed by atoms with Crippen molar-refractivity contribution in [3.05, 3.63) is 35.4 Å². The minimum atomic E-state index is -1.79. The fourth-order valence-corrected chi connectivity index (χ4v) is 6.66. The number of rotatable bonds is 3. The zero-order valence-electron chi connectivity index (χ0n) is 17.9. The normalized spacial score (nSPS) is 45.4. The van der Waals surface area contributed by atoms with Crippen LogP contribution in [0.3, 0.4) is 0 Å². The Kier molecular flexibility index (Phi) is 4.62. The number of hydrogen-bond acceptors (Lipinski definition) is 9.